The summed E-state index contributed by atoms with van der Waals surface area (Å²) in [5, 5.41) is 0. The minimum Gasteiger partial charge on any atom is -0.449 e. The minimum atomic E-state index is 0.358. The van der Waals surface area contributed by atoms with Crippen LogP contribution in [-0.4, -0.2) is 18.1 Å². The van der Waals surface area contributed by atoms with Crippen molar-refractivity contribution in [3.63, 3.8) is 0 Å². The Balaban J connectivity index is 2.16. The topological polar surface area (TPSA) is 0 Å². The molecule has 0 spiro atoms. The van der Waals surface area contributed by atoms with E-state index in [9.17, 15) is 0 Å². The largest absolute Gasteiger partial charge is 0.449 e. The van der Waals surface area contributed by atoms with Gasteiger partial charge in [-0.15, -0.1) is 7.05 Å². The van der Waals surface area contributed by atoms with E-state index < -0.39 is 0 Å². The van der Waals surface area contributed by atoms with Gasteiger partial charge in [-0.3, -0.25) is 0 Å². The number of quaternary nitrogens is 1. The monoisotopic (exact) mass is 237 g/mol. The van der Waals surface area contributed by atoms with Gasteiger partial charge in [-0.05, 0) is 5.56 Å². The van der Waals surface area contributed by atoms with E-state index >= 15 is 0 Å². The molecule has 1 heterocycles. The van der Waals surface area contributed by atoms with E-state index in [1.54, 1.807) is 0 Å². The molecule has 2 atom stereocenters. The van der Waals surface area contributed by atoms with Gasteiger partial charge >= 0.3 is 0 Å². The van der Waals surface area contributed by atoms with E-state index in [2.05, 4.69) is 68.7 Å². The second kappa shape index (κ2) is 4.25. The lowest BCUT2D eigenvalue weighted by Gasteiger charge is -2.49. The van der Waals surface area contributed by atoms with Gasteiger partial charge in [0.25, 0.3) is 0 Å². The van der Waals surface area contributed by atoms with Crippen LogP contribution in [0.15, 0.2) is 54.6 Å². The summed E-state index contributed by atoms with van der Waals surface area (Å²) < 4.78 is 0.793. The van der Waals surface area contributed by atoms with Crippen molar-refractivity contribution in [2.45, 2.75) is 12.5 Å². The smallest absolute Gasteiger partial charge is 0.116 e. The third kappa shape index (κ3) is 1.85. The zero-order chi connectivity index (χ0) is 12.6. The molecule has 1 nitrogen and oxygen atoms in total. The third-order valence-electron chi connectivity index (χ3n) is 3.98. The zero-order valence-corrected chi connectivity index (χ0v) is 10.8. The molecule has 1 aliphatic heterocycles. The number of likely N-dealkylation sites (N-methyl/N-ethyl adjacent to an activating group) is 1. The molecule has 0 saturated heterocycles. The molecule has 0 fully saturated rings. The summed E-state index contributed by atoms with van der Waals surface area (Å²) in [5.41, 5.74) is 4.28. The maximum absolute atomic E-state index is 4.42. The Bertz CT molecular complexity index is 543. The molecular weight excluding hydrogens is 218 g/mol. The first kappa shape index (κ1) is 11.5. The van der Waals surface area contributed by atoms with E-state index in [-0.39, 0.29) is 0 Å². The summed E-state index contributed by atoms with van der Waals surface area (Å²) >= 11 is 0. The SMILES string of the molecule is [CH2-][N@@+]1(C)CCc2ccccc2[C@@H]1c1ccccc1. The van der Waals surface area contributed by atoms with Crippen LogP contribution in [0.1, 0.15) is 22.7 Å². The summed E-state index contributed by atoms with van der Waals surface area (Å²) in [6, 6.07) is 19.9. The van der Waals surface area contributed by atoms with Crippen LogP contribution in [0.25, 0.3) is 0 Å². The van der Waals surface area contributed by atoms with Gasteiger partial charge in [0.15, 0.2) is 0 Å². The Morgan fingerprint density at radius 2 is 1.67 bits per heavy atom. The van der Waals surface area contributed by atoms with E-state index in [1.165, 1.54) is 16.7 Å². The summed E-state index contributed by atoms with van der Waals surface area (Å²) in [7, 11) is 6.65. The highest BCUT2D eigenvalue weighted by Gasteiger charge is 2.32. The molecule has 0 unspecified atom stereocenters. The van der Waals surface area contributed by atoms with Crippen molar-refractivity contribution in [1.82, 2.24) is 0 Å². The number of hydrogen-bond donors (Lipinski definition) is 0. The fourth-order valence-corrected chi connectivity index (χ4v) is 3.04. The standard InChI is InChI=1S/C17H19N/c1-18(2)13-12-14-8-6-7-11-16(14)17(18)15-9-4-3-5-10-15/h3-11,17H,1,12-13H2,2H3/t17-,18+/m0/s1. The Kier molecular flexibility index (Phi) is 2.71. The average Bonchev–Trinajstić information content (AvgIpc) is 2.39. The molecule has 0 radical (unpaired) electrons. The Morgan fingerprint density at radius 3 is 2.44 bits per heavy atom. The highest BCUT2D eigenvalue weighted by molar-refractivity contribution is 5.37. The molecular formula is C17H19N. The van der Waals surface area contributed by atoms with E-state index in [0.29, 0.717) is 6.04 Å². The molecule has 0 N–H and O–H groups in total. The van der Waals surface area contributed by atoms with Crippen LogP contribution in [0.3, 0.4) is 0 Å². The summed E-state index contributed by atoms with van der Waals surface area (Å²) in [5.74, 6) is 0. The van der Waals surface area contributed by atoms with E-state index in [1.807, 2.05) is 0 Å². The molecule has 0 aromatic heterocycles. The van der Waals surface area contributed by atoms with Crippen LogP contribution in [0.5, 0.6) is 0 Å². The van der Waals surface area contributed by atoms with Gasteiger partial charge in [0, 0.05) is 24.6 Å². The molecule has 3 rings (SSSR count). The van der Waals surface area contributed by atoms with Crippen LogP contribution >= 0.6 is 0 Å². The molecule has 18 heavy (non-hydrogen) atoms. The van der Waals surface area contributed by atoms with Crippen LogP contribution in [0, 0.1) is 7.05 Å². The highest BCUT2D eigenvalue weighted by Crippen LogP contribution is 2.38. The van der Waals surface area contributed by atoms with Gasteiger partial charge in [-0.2, -0.15) is 0 Å². The van der Waals surface area contributed by atoms with Gasteiger partial charge in [-0.1, -0.05) is 54.6 Å². The molecule has 0 saturated carbocycles. The molecule has 2 aromatic carbocycles. The number of rotatable bonds is 1. The maximum Gasteiger partial charge on any atom is 0.116 e. The van der Waals surface area contributed by atoms with Gasteiger partial charge in [-0.25, -0.2) is 0 Å². The van der Waals surface area contributed by atoms with Crippen molar-refractivity contribution < 1.29 is 4.48 Å². The predicted octanol–water partition coefficient (Wildman–Crippen LogP) is 3.57. The van der Waals surface area contributed by atoms with E-state index in [0.717, 1.165) is 17.4 Å². The first-order valence-electron chi connectivity index (χ1n) is 6.51. The number of nitrogens with zero attached hydrogens (tertiary/aromatic N) is 1. The van der Waals surface area contributed by atoms with Gasteiger partial charge in [0.1, 0.15) is 6.04 Å². The normalized spacial score (nSPS) is 26.7. The minimum absolute atomic E-state index is 0.358. The molecule has 2 aromatic rings. The zero-order valence-electron chi connectivity index (χ0n) is 10.8. The third-order valence-corrected chi connectivity index (χ3v) is 3.98. The number of benzene rings is 2. The van der Waals surface area contributed by atoms with Crippen LogP contribution in [0.2, 0.25) is 0 Å². The Morgan fingerprint density at radius 1 is 1.00 bits per heavy atom. The highest BCUT2D eigenvalue weighted by atomic mass is 15.3. The maximum atomic E-state index is 4.42. The summed E-state index contributed by atoms with van der Waals surface area (Å²) in [6.07, 6.45) is 1.12. The molecule has 0 aliphatic carbocycles. The Hall–Kier alpha value is -1.60. The van der Waals surface area contributed by atoms with Gasteiger partial charge in [0.05, 0.1) is 6.54 Å². The fraction of sp³-hybridized carbons (Fsp3) is 0.235. The first-order valence-corrected chi connectivity index (χ1v) is 6.51. The van der Waals surface area contributed by atoms with Crippen molar-refractivity contribution in [2.75, 3.05) is 13.6 Å². The quantitative estimate of drug-likeness (QED) is 0.525. The second-order valence-electron chi connectivity index (χ2n) is 5.47. The lowest BCUT2D eigenvalue weighted by molar-refractivity contribution is -0.893. The number of hydrogen-bond acceptors (Lipinski definition) is 0. The summed E-state index contributed by atoms with van der Waals surface area (Å²) in [4.78, 5) is 0. The van der Waals surface area contributed by atoms with Crippen molar-refractivity contribution in [2.24, 2.45) is 0 Å². The van der Waals surface area contributed by atoms with E-state index in [4.69, 9.17) is 0 Å². The van der Waals surface area contributed by atoms with Gasteiger partial charge in [0.2, 0.25) is 0 Å². The molecule has 1 aliphatic rings. The molecule has 0 bridgehead atoms. The predicted molar refractivity (Wildman–Crippen MR) is 74.8 cm³/mol. The van der Waals surface area contributed by atoms with Crippen LogP contribution < -0.4 is 0 Å². The number of fused-ring (bicyclic) bond motifs is 1. The van der Waals surface area contributed by atoms with Crippen molar-refractivity contribution in [1.29, 1.82) is 0 Å². The molecule has 92 valence electrons. The molecule has 0 amide bonds. The fourth-order valence-electron chi connectivity index (χ4n) is 3.04. The lowest BCUT2D eigenvalue weighted by Crippen LogP contribution is -2.46. The van der Waals surface area contributed by atoms with Crippen molar-refractivity contribution in [3.05, 3.63) is 78.3 Å². The van der Waals surface area contributed by atoms with Crippen molar-refractivity contribution >= 4 is 0 Å². The first-order chi connectivity index (χ1) is 8.68. The lowest BCUT2D eigenvalue weighted by atomic mass is 9.87. The second-order valence-corrected chi connectivity index (χ2v) is 5.47. The summed E-state index contributed by atoms with van der Waals surface area (Å²) in [6.45, 7) is 1.09. The van der Waals surface area contributed by atoms with Crippen LogP contribution in [0.4, 0.5) is 0 Å². The molecule has 1 heteroatoms. The average molecular weight is 237 g/mol. The Labute approximate surface area is 109 Å². The van der Waals surface area contributed by atoms with Crippen molar-refractivity contribution in [3.8, 4) is 0 Å². The van der Waals surface area contributed by atoms with Gasteiger partial charge < -0.3 is 4.48 Å². The van der Waals surface area contributed by atoms with Crippen LogP contribution in [-0.2, 0) is 6.42 Å².